The Morgan fingerprint density at radius 1 is 1.48 bits per heavy atom. The highest BCUT2D eigenvalue weighted by molar-refractivity contribution is 5.98. The summed E-state index contributed by atoms with van der Waals surface area (Å²) >= 11 is 0. The number of amides is 1. The van der Waals surface area contributed by atoms with E-state index in [9.17, 15) is 22.4 Å². The molecule has 0 aliphatic rings. The number of hydrogen-bond acceptors (Lipinski definition) is 4. The van der Waals surface area contributed by atoms with Gasteiger partial charge in [-0.1, -0.05) is 0 Å². The smallest absolute Gasteiger partial charge is 0.395 e. The molecule has 1 aromatic rings. The summed E-state index contributed by atoms with van der Waals surface area (Å²) in [7, 11) is 0. The Labute approximate surface area is 118 Å². The Bertz CT molecular complexity index is 494. The Kier molecular flexibility index (Phi) is 5.89. The second kappa shape index (κ2) is 7.21. The molecule has 9 heteroatoms. The van der Waals surface area contributed by atoms with Crippen molar-refractivity contribution in [3.05, 3.63) is 23.6 Å². The molecule has 1 amide bonds. The van der Waals surface area contributed by atoms with Gasteiger partial charge in [0.25, 0.3) is 5.91 Å². The predicted octanol–water partition coefficient (Wildman–Crippen LogP) is 1.65. The largest absolute Gasteiger partial charge is 0.406 e. The Morgan fingerprint density at radius 3 is 2.67 bits per heavy atom. The third kappa shape index (κ3) is 5.18. The van der Waals surface area contributed by atoms with E-state index in [0.717, 1.165) is 12.3 Å². The Hall–Kier alpha value is -1.90. The van der Waals surface area contributed by atoms with Crippen molar-refractivity contribution in [3.63, 3.8) is 0 Å². The molecule has 5 nitrogen and oxygen atoms in total. The average molecular weight is 309 g/mol. The average Bonchev–Trinajstić information content (AvgIpc) is 2.38. The van der Waals surface area contributed by atoms with Crippen LogP contribution in [0.2, 0.25) is 0 Å². The monoisotopic (exact) mass is 309 g/mol. The molecule has 0 fully saturated rings. The SMILES string of the molecule is CCNc1ncc(F)cc1C(=O)N(CCO)CC(F)(F)F. The molecule has 118 valence electrons. The van der Waals surface area contributed by atoms with Gasteiger partial charge in [-0.15, -0.1) is 0 Å². The summed E-state index contributed by atoms with van der Waals surface area (Å²) in [4.78, 5) is 16.2. The number of aliphatic hydroxyl groups is 1. The fourth-order valence-corrected chi connectivity index (χ4v) is 1.67. The second-order valence-corrected chi connectivity index (χ2v) is 4.15. The lowest BCUT2D eigenvalue weighted by atomic mass is 10.2. The molecule has 0 aliphatic heterocycles. The molecule has 2 N–H and O–H groups in total. The van der Waals surface area contributed by atoms with Crippen LogP contribution in [0.4, 0.5) is 23.4 Å². The summed E-state index contributed by atoms with van der Waals surface area (Å²) in [5, 5.41) is 11.5. The lowest BCUT2D eigenvalue weighted by Crippen LogP contribution is -2.41. The van der Waals surface area contributed by atoms with Crippen LogP contribution in [0, 0.1) is 5.82 Å². The third-order valence-electron chi connectivity index (χ3n) is 2.46. The molecular weight excluding hydrogens is 294 g/mol. The minimum atomic E-state index is -4.62. The highest BCUT2D eigenvalue weighted by Gasteiger charge is 2.34. The van der Waals surface area contributed by atoms with Crippen molar-refractivity contribution in [3.8, 4) is 0 Å². The zero-order valence-corrected chi connectivity index (χ0v) is 11.2. The number of aliphatic hydroxyl groups excluding tert-OH is 1. The number of hydrogen-bond donors (Lipinski definition) is 2. The van der Waals surface area contributed by atoms with E-state index in [2.05, 4.69) is 10.3 Å². The lowest BCUT2D eigenvalue weighted by Gasteiger charge is -2.24. The number of nitrogens with one attached hydrogen (secondary N) is 1. The summed E-state index contributed by atoms with van der Waals surface area (Å²) in [6, 6.07) is 0.814. The summed E-state index contributed by atoms with van der Waals surface area (Å²) < 4.78 is 50.6. The van der Waals surface area contributed by atoms with Crippen LogP contribution in [0.5, 0.6) is 0 Å². The number of pyridine rings is 1. The second-order valence-electron chi connectivity index (χ2n) is 4.15. The Morgan fingerprint density at radius 2 is 2.14 bits per heavy atom. The maximum atomic E-state index is 13.2. The molecule has 0 atom stereocenters. The predicted molar refractivity (Wildman–Crippen MR) is 67.4 cm³/mol. The molecule has 21 heavy (non-hydrogen) atoms. The van der Waals surface area contributed by atoms with Crippen LogP contribution in [0.1, 0.15) is 17.3 Å². The van der Waals surface area contributed by atoms with Gasteiger partial charge in [-0.05, 0) is 13.0 Å². The minimum Gasteiger partial charge on any atom is -0.395 e. The van der Waals surface area contributed by atoms with Gasteiger partial charge < -0.3 is 15.3 Å². The first-order chi connectivity index (χ1) is 9.78. The van der Waals surface area contributed by atoms with Gasteiger partial charge in [0.15, 0.2) is 0 Å². The van der Waals surface area contributed by atoms with Gasteiger partial charge in [0.05, 0.1) is 18.4 Å². The van der Waals surface area contributed by atoms with Crippen molar-refractivity contribution in [2.75, 3.05) is 31.6 Å². The molecule has 0 saturated carbocycles. The maximum absolute atomic E-state index is 13.2. The number of carbonyl (C=O) groups is 1. The zero-order chi connectivity index (χ0) is 16.0. The van der Waals surface area contributed by atoms with Crippen LogP contribution in [-0.4, -0.2) is 53.3 Å². The van der Waals surface area contributed by atoms with E-state index < -0.39 is 37.6 Å². The van der Waals surface area contributed by atoms with Gasteiger partial charge in [0.1, 0.15) is 18.2 Å². The van der Waals surface area contributed by atoms with Gasteiger partial charge in [0.2, 0.25) is 0 Å². The maximum Gasteiger partial charge on any atom is 0.406 e. The summed E-state index contributed by atoms with van der Waals surface area (Å²) in [6.07, 6.45) is -3.77. The fraction of sp³-hybridized carbons (Fsp3) is 0.500. The van der Waals surface area contributed by atoms with Gasteiger partial charge in [-0.2, -0.15) is 13.2 Å². The highest BCUT2D eigenvalue weighted by Crippen LogP contribution is 2.21. The first kappa shape index (κ1) is 17.2. The fourth-order valence-electron chi connectivity index (χ4n) is 1.67. The van der Waals surface area contributed by atoms with Crippen molar-refractivity contribution >= 4 is 11.7 Å². The van der Waals surface area contributed by atoms with Gasteiger partial charge in [-0.25, -0.2) is 9.37 Å². The van der Waals surface area contributed by atoms with E-state index in [1.807, 2.05) is 0 Å². The van der Waals surface area contributed by atoms with E-state index >= 15 is 0 Å². The van der Waals surface area contributed by atoms with Gasteiger partial charge >= 0.3 is 6.18 Å². The number of carbonyl (C=O) groups excluding carboxylic acids is 1. The summed E-state index contributed by atoms with van der Waals surface area (Å²) in [6.45, 7) is -0.630. The molecule has 0 aliphatic carbocycles. The first-order valence-corrected chi connectivity index (χ1v) is 6.14. The Balaban J connectivity index is 3.10. The van der Waals surface area contributed by atoms with E-state index in [-0.39, 0.29) is 11.4 Å². The number of anilines is 1. The quantitative estimate of drug-likeness (QED) is 0.784. The van der Waals surface area contributed by atoms with Crippen molar-refractivity contribution in [2.24, 2.45) is 0 Å². The molecule has 0 radical (unpaired) electrons. The normalized spacial score (nSPS) is 11.3. The van der Waals surface area contributed by atoms with E-state index in [1.54, 1.807) is 6.92 Å². The van der Waals surface area contributed by atoms with Crippen LogP contribution in [0.15, 0.2) is 12.3 Å². The van der Waals surface area contributed by atoms with E-state index in [4.69, 9.17) is 5.11 Å². The summed E-state index contributed by atoms with van der Waals surface area (Å²) in [5.41, 5.74) is -0.311. The van der Waals surface area contributed by atoms with Crippen molar-refractivity contribution in [2.45, 2.75) is 13.1 Å². The first-order valence-electron chi connectivity index (χ1n) is 6.14. The number of aromatic nitrogens is 1. The number of alkyl halides is 3. The highest BCUT2D eigenvalue weighted by atomic mass is 19.4. The molecule has 0 aromatic carbocycles. The zero-order valence-electron chi connectivity index (χ0n) is 11.2. The molecule has 1 aromatic heterocycles. The van der Waals surface area contributed by atoms with E-state index in [0.29, 0.717) is 11.4 Å². The number of nitrogens with zero attached hydrogens (tertiary/aromatic N) is 2. The summed E-state index contributed by atoms with van der Waals surface area (Å²) in [5.74, 6) is -1.89. The third-order valence-corrected chi connectivity index (χ3v) is 2.46. The molecule has 0 spiro atoms. The van der Waals surface area contributed by atoms with Crippen LogP contribution in [0.25, 0.3) is 0 Å². The van der Waals surface area contributed by atoms with E-state index in [1.165, 1.54) is 0 Å². The van der Waals surface area contributed by atoms with Crippen molar-refractivity contribution in [1.29, 1.82) is 0 Å². The molecular formula is C12H15F4N3O2. The lowest BCUT2D eigenvalue weighted by molar-refractivity contribution is -0.141. The van der Waals surface area contributed by atoms with Crippen LogP contribution in [0.3, 0.4) is 0 Å². The standard InChI is InChI=1S/C12H15F4N3O2/c1-2-17-10-9(5-8(13)6-18-10)11(21)19(3-4-20)7-12(14,15)16/h5-6,20H,2-4,7H2,1H3,(H,17,18). The molecule has 1 heterocycles. The molecule has 0 saturated heterocycles. The minimum absolute atomic E-state index is 0.00554. The molecule has 0 unspecified atom stereocenters. The molecule has 1 rings (SSSR count). The van der Waals surface area contributed by atoms with Gasteiger partial charge in [-0.3, -0.25) is 4.79 Å². The number of halogens is 4. The van der Waals surface area contributed by atoms with Crippen molar-refractivity contribution < 1.29 is 27.5 Å². The van der Waals surface area contributed by atoms with Crippen LogP contribution in [-0.2, 0) is 0 Å². The molecule has 0 bridgehead atoms. The van der Waals surface area contributed by atoms with Gasteiger partial charge in [0, 0.05) is 13.1 Å². The van der Waals surface area contributed by atoms with Crippen LogP contribution >= 0.6 is 0 Å². The van der Waals surface area contributed by atoms with Crippen molar-refractivity contribution in [1.82, 2.24) is 9.88 Å². The topological polar surface area (TPSA) is 65.5 Å². The number of rotatable bonds is 6. The van der Waals surface area contributed by atoms with Crippen LogP contribution < -0.4 is 5.32 Å².